The summed E-state index contributed by atoms with van der Waals surface area (Å²) in [4.78, 5) is 12.8. The molecule has 1 aromatic heterocycles. The first-order valence-electron chi connectivity index (χ1n) is 10.6. The van der Waals surface area contributed by atoms with Gasteiger partial charge in [0.1, 0.15) is 25.6 Å². The zero-order valence-electron chi connectivity index (χ0n) is 18.0. The topological polar surface area (TPSA) is 86.6 Å². The van der Waals surface area contributed by atoms with Gasteiger partial charge in [-0.25, -0.2) is 12.8 Å². The van der Waals surface area contributed by atoms with Gasteiger partial charge in [0.25, 0.3) is 0 Å². The van der Waals surface area contributed by atoms with Crippen molar-refractivity contribution >= 4 is 32.3 Å². The van der Waals surface area contributed by atoms with Crippen molar-refractivity contribution in [3.8, 4) is 11.5 Å². The van der Waals surface area contributed by atoms with E-state index in [0.717, 1.165) is 0 Å². The quantitative estimate of drug-likeness (QED) is 0.448. The average Bonchev–Trinajstić information content (AvgIpc) is 3.20. The van der Waals surface area contributed by atoms with Crippen molar-refractivity contribution in [2.75, 3.05) is 18.5 Å². The number of sulfone groups is 1. The third-order valence-corrected chi connectivity index (χ3v) is 7.22. The number of nitrogens with one attached hydrogen (secondary N) is 1. The van der Waals surface area contributed by atoms with Crippen LogP contribution in [0.2, 0.25) is 0 Å². The van der Waals surface area contributed by atoms with Crippen LogP contribution in [-0.4, -0.2) is 32.1 Å². The molecule has 1 aliphatic rings. The molecule has 5 rings (SSSR count). The summed E-state index contributed by atoms with van der Waals surface area (Å²) in [5, 5.41) is 3.28. The van der Waals surface area contributed by atoms with Gasteiger partial charge in [-0.15, -0.1) is 0 Å². The molecular formula is C25H21FN2O5S. The van der Waals surface area contributed by atoms with Gasteiger partial charge >= 0.3 is 0 Å². The van der Waals surface area contributed by atoms with Crippen LogP contribution in [0.1, 0.15) is 5.56 Å². The number of anilines is 1. The molecule has 1 aliphatic heterocycles. The number of carbonyl (C=O) groups excluding carboxylic acids is 1. The van der Waals surface area contributed by atoms with Crippen LogP contribution in [0.3, 0.4) is 0 Å². The van der Waals surface area contributed by atoms with E-state index in [1.807, 2.05) is 0 Å². The second-order valence-corrected chi connectivity index (χ2v) is 9.85. The lowest BCUT2D eigenvalue weighted by atomic mass is 10.2. The number of hydrogen-bond acceptors (Lipinski definition) is 5. The van der Waals surface area contributed by atoms with Crippen molar-refractivity contribution < 1.29 is 27.1 Å². The fraction of sp³-hybridized carbons (Fsp3) is 0.160. The van der Waals surface area contributed by atoms with Crippen LogP contribution in [0.4, 0.5) is 10.1 Å². The number of amides is 1. The standard InChI is InChI=1S/C25H21FN2O5S/c26-20-7-3-1-5-17(20)16-34(30,31)24-14-28(21-8-4-2-6-19(21)24)15-25(29)27-18-9-10-22-23(13-18)33-12-11-32-22/h1-10,13-14H,11-12,15-16H2,(H,27,29). The summed E-state index contributed by atoms with van der Waals surface area (Å²) in [5.74, 6) is -0.219. The molecule has 0 fully saturated rings. The summed E-state index contributed by atoms with van der Waals surface area (Å²) >= 11 is 0. The largest absolute Gasteiger partial charge is 0.486 e. The zero-order valence-corrected chi connectivity index (χ0v) is 18.8. The molecule has 0 radical (unpaired) electrons. The third kappa shape index (κ3) is 4.34. The molecule has 34 heavy (non-hydrogen) atoms. The number of benzene rings is 3. The Labute approximate surface area is 195 Å². The van der Waals surface area contributed by atoms with E-state index in [1.54, 1.807) is 53.1 Å². The van der Waals surface area contributed by atoms with Gasteiger partial charge in [0.2, 0.25) is 5.91 Å². The first-order chi connectivity index (χ1) is 16.4. The number of nitrogens with zero attached hydrogens (tertiary/aromatic N) is 1. The second kappa shape index (κ2) is 8.83. The van der Waals surface area contributed by atoms with Crippen molar-refractivity contribution in [2.45, 2.75) is 17.2 Å². The monoisotopic (exact) mass is 480 g/mol. The summed E-state index contributed by atoms with van der Waals surface area (Å²) < 4.78 is 53.1. The SMILES string of the molecule is O=C(Cn1cc(S(=O)(=O)Cc2ccccc2F)c2ccccc21)Nc1ccc2c(c1)OCCO2. The molecule has 3 aromatic carbocycles. The first kappa shape index (κ1) is 22.0. The molecule has 0 spiro atoms. The van der Waals surface area contributed by atoms with Gasteiger partial charge in [-0.1, -0.05) is 36.4 Å². The van der Waals surface area contributed by atoms with E-state index in [4.69, 9.17) is 9.47 Å². The summed E-state index contributed by atoms with van der Waals surface area (Å²) in [6.45, 7) is 0.801. The molecule has 1 amide bonds. The van der Waals surface area contributed by atoms with E-state index in [-0.39, 0.29) is 22.9 Å². The minimum Gasteiger partial charge on any atom is -0.486 e. The summed E-state index contributed by atoms with van der Waals surface area (Å²) in [5.41, 5.74) is 1.22. The molecule has 7 nitrogen and oxygen atoms in total. The highest BCUT2D eigenvalue weighted by molar-refractivity contribution is 7.90. The van der Waals surface area contributed by atoms with E-state index >= 15 is 0 Å². The van der Waals surface area contributed by atoms with Crippen LogP contribution in [0.15, 0.2) is 77.8 Å². The Bertz CT molecular complexity index is 1500. The van der Waals surface area contributed by atoms with Crippen molar-refractivity contribution in [3.63, 3.8) is 0 Å². The average molecular weight is 481 g/mol. The van der Waals surface area contributed by atoms with Crippen LogP contribution in [0.5, 0.6) is 11.5 Å². The van der Waals surface area contributed by atoms with Crippen LogP contribution < -0.4 is 14.8 Å². The van der Waals surface area contributed by atoms with Gasteiger partial charge in [0, 0.05) is 34.4 Å². The number of ether oxygens (including phenoxy) is 2. The highest BCUT2D eigenvalue weighted by Gasteiger charge is 2.23. The predicted molar refractivity (Wildman–Crippen MR) is 125 cm³/mol. The van der Waals surface area contributed by atoms with E-state index in [1.165, 1.54) is 24.4 Å². The van der Waals surface area contributed by atoms with Crippen LogP contribution in [0.25, 0.3) is 10.9 Å². The molecule has 4 aromatic rings. The molecule has 0 unspecified atom stereocenters. The maximum absolute atomic E-state index is 14.1. The van der Waals surface area contributed by atoms with Gasteiger partial charge < -0.3 is 19.4 Å². The van der Waals surface area contributed by atoms with Crippen molar-refractivity contribution in [1.82, 2.24) is 4.57 Å². The lowest BCUT2D eigenvalue weighted by Gasteiger charge is -2.19. The van der Waals surface area contributed by atoms with E-state index in [9.17, 15) is 17.6 Å². The Morgan fingerprint density at radius 3 is 2.53 bits per heavy atom. The normalized spacial score (nSPS) is 13.1. The summed E-state index contributed by atoms with van der Waals surface area (Å²) in [7, 11) is -3.87. The molecule has 2 heterocycles. The summed E-state index contributed by atoms with van der Waals surface area (Å²) in [6, 6.07) is 17.8. The van der Waals surface area contributed by atoms with Crippen LogP contribution >= 0.6 is 0 Å². The van der Waals surface area contributed by atoms with E-state index < -0.39 is 21.4 Å². The van der Waals surface area contributed by atoms with Crippen LogP contribution in [0, 0.1) is 5.82 Å². The second-order valence-electron chi connectivity index (χ2n) is 7.90. The number of halogens is 1. The molecule has 0 aliphatic carbocycles. The van der Waals surface area contributed by atoms with Crippen molar-refractivity contribution in [1.29, 1.82) is 0 Å². The predicted octanol–water partition coefficient (Wildman–Crippen LogP) is 4.16. The summed E-state index contributed by atoms with van der Waals surface area (Å²) in [6.07, 6.45) is 1.43. The number of fused-ring (bicyclic) bond motifs is 2. The van der Waals surface area contributed by atoms with E-state index in [2.05, 4.69) is 5.32 Å². The Morgan fingerprint density at radius 1 is 0.971 bits per heavy atom. The highest BCUT2D eigenvalue weighted by atomic mass is 32.2. The number of hydrogen-bond donors (Lipinski definition) is 1. The number of carbonyl (C=O) groups is 1. The molecule has 174 valence electrons. The molecule has 1 N–H and O–H groups in total. The lowest BCUT2D eigenvalue weighted by molar-refractivity contribution is -0.116. The minimum atomic E-state index is -3.87. The number of para-hydroxylation sites is 1. The van der Waals surface area contributed by atoms with Gasteiger partial charge in [0.15, 0.2) is 21.3 Å². The fourth-order valence-corrected chi connectivity index (χ4v) is 5.56. The van der Waals surface area contributed by atoms with Crippen molar-refractivity contribution in [2.24, 2.45) is 0 Å². The molecule has 0 atom stereocenters. The Hall–Kier alpha value is -3.85. The third-order valence-electron chi connectivity index (χ3n) is 5.53. The van der Waals surface area contributed by atoms with Gasteiger partial charge in [-0.3, -0.25) is 4.79 Å². The Balaban J connectivity index is 1.41. The number of aromatic nitrogens is 1. The molecule has 0 bridgehead atoms. The molecule has 0 saturated heterocycles. The molecule has 9 heteroatoms. The molecular weight excluding hydrogens is 459 g/mol. The first-order valence-corrected chi connectivity index (χ1v) is 12.3. The maximum Gasteiger partial charge on any atom is 0.244 e. The lowest BCUT2D eigenvalue weighted by Crippen LogP contribution is -2.19. The van der Waals surface area contributed by atoms with Gasteiger partial charge in [-0.05, 0) is 24.3 Å². The maximum atomic E-state index is 14.1. The smallest absolute Gasteiger partial charge is 0.244 e. The Morgan fingerprint density at radius 2 is 1.71 bits per heavy atom. The highest BCUT2D eigenvalue weighted by Crippen LogP contribution is 2.33. The van der Waals surface area contributed by atoms with Crippen LogP contribution in [-0.2, 0) is 26.9 Å². The number of rotatable bonds is 6. The zero-order chi connectivity index (χ0) is 23.7. The van der Waals surface area contributed by atoms with Crippen molar-refractivity contribution in [3.05, 3.63) is 84.3 Å². The molecule has 0 saturated carbocycles. The van der Waals surface area contributed by atoms with Gasteiger partial charge in [0.05, 0.1) is 10.6 Å². The minimum absolute atomic E-state index is 0.0542. The van der Waals surface area contributed by atoms with Gasteiger partial charge in [-0.2, -0.15) is 0 Å². The fourth-order valence-electron chi connectivity index (χ4n) is 3.97. The Kier molecular flexibility index (Phi) is 5.70. The van der Waals surface area contributed by atoms with E-state index in [0.29, 0.717) is 41.3 Å².